The van der Waals surface area contributed by atoms with Gasteiger partial charge in [-0.25, -0.2) is 9.78 Å². The molecule has 6 nitrogen and oxygen atoms in total. The molecular formula is C37H40ClN3O3S. The molecule has 1 atom stereocenters. The molecular weight excluding hydrogens is 602 g/mol. The molecule has 0 aliphatic carbocycles. The van der Waals surface area contributed by atoms with Gasteiger partial charge in [-0.1, -0.05) is 43.1 Å². The van der Waals surface area contributed by atoms with Gasteiger partial charge in [0.15, 0.2) is 6.10 Å². The number of nitrogens with zero attached hydrogens (tertiary/aromatic N) is 3. The van der Waals surface area contributed by atoms with Crippen molar-refractivity contribution < 1.29 is 14.6 Å². The highest BCUT2D eigenvalue weighted by Gasteiger charge is 2.32. The summed E-state index contributed by atoms with van der Waals surface area (Å²) in [5.74, 6) is -1.04. The topological polar surface area (TPSA) is 75.5 Å². The number of fused-ring (bicyclic) bond motifs is 1. The summed E-state index contributed by atoms with van der Waals surface area (Å²) >= 11 is 7.81. The third-order valence-corrected chi connectivity index (χ3v) is 9.12. The summed E-state index contributed by atoms with van der Waals surface area (Å²) in [4.78, 5) is 24.8. The van der Waals surface area contributed by atoms with E-state index in [4.69, 9.17) is 26.3 Å². The van der Waals surface area contributed by atoms with Crippen LogP contribution in [0.5, 0.6) is 0 Å². The number of aliphatic carboxylic acids is 1. The Morgan fingerprint density at radius 3 is 2.33 bits per heavy atom. The van der Waals surface area contributed by atoms with Crippen LogP contribution in [-0.2, 0) is 16.0 Å². The number of anilines is 1. The summed E-state index contributed by atoms with van der Waals surface area (Å²) < 4.78 is 7.06. The van der Waals surface area contributed by atoms with Crippen molar-refractivity contribution >= 4 is 44.8 Å². The summed E-state index contributed by atoms with van der Waals surface area (Å²) in [7, 11) is 4.15. The van der Waals surface area contributed by atoms with E-state index in [1.165, 1.54) is 11.3 Å². The molecule has 45 heavy (non-hydrogen) atoms. The lowest BCUT2D eigenvalue weighted by Crippen LogP contribution is -2.28. The second-order valence-electron chi connectivity index (χ2n) is 12.6. The number of carbonyl (C=O) groups is 1. The van der Waals surface area contributed by atoms with E-state index in [0.717, 1.165) is 67.1 Å². The number of benzene rings is 3. The third-order valence-electron chi connectivity index (χ3n) is 7.75. The fourth-order valence-corrected chi connectivity index (χ4v) is 7.05. The zero-order valence-electron chi connectivity index (χ0n) is 27.2. The van der Waals surface area contributed by atoms with Crippen LogP contribution in [0.1, 0.15) is 62.6 Å². The number of aromatic nitrogens is 2. The molecule has 0 saturated heterocycles. The summed E-state index contributed by atoms with van der Waals surface area (Å²) in [5.41, 5.74) is 9.69. The molecule has 1 N–H and O–H groups in total. The molecule has 5 rings (SSSR count). The molecule has 0 aliphatic rings. The molecule has 1 unspecified atom stereocenters. The third kappa shape index (κ3) is 6.91. The molecule has 0 spiro atoms. The Labute approximate surface area is 274 Å². The Kier molecular flexibility index (Phi) is 9.36. The number of rotatable bonds is 9. The van der Waals surface area contributed by atoms with Crippen LogP contribution in [0.15, 0.2) is 60.8 Å². The van der Waals surface area contributed by atoms with Crippen molar-refractivity contribution in [2.75, 3.05) is 19.0 Å². The van der Waals surface area contributed by atoms with Crippen molar-refractivity contribution in [3.8, 4) is 32.8 Å². The van der Waals surface area contributed by atoms with Crippen molar-refractivity contribution in [1.29, 1.82) is 0 Å². The van der Waals surface area contributed by atoms with Crippen LogP contribution >= 0.6 is 22.9 Å². The molecule has 3 aromatic carbocycles. The van der Waals surface area contributed by atoms with E-state index in [9.17, 15) is 9.90 Å². The van der Waals surface area contributed by atoms with Gasteiger partial charge in [0.05, 0.1) is 15.8 Å². The normalized spacial score (nSPS) is 12.5. The molecule has 2 aromatic heterocycles. The van der Waals surface area contributed by atoms with Gasteiger partial charge in [-0.2, -0.15) is 0 Å². The SMILES string of the molecule is CCCc1cc(-c2cnc(C)c(-c3nc4cc(C)c(C(OC(C)(C)C)C(=O)O)c(-c5ccc(Cl)cc5)c4s3)c2)ccc1N(C)C. The van der Waals surface area contributed by atoms with Crippen LogP contribution in [0.2, 0.25) is 5.02 Å². The first-order valence-electron chi connectivity index (χ1n) is 15.2. The van der Waals surface area contributed by atoms with Crippen LogP contribution in [0.4, 0.5) is 5.69 Å². The summed E-state index contributed by atoms with van der Waals surface area (Å²) in [5, 5.41) is 11.8. The van der Waals surface area contributed by atoms with Gasteiger partial charge in [-0.05, 0) is 99.7 Å². The second kappa shape index (κ2) is 12.9. The molecule has 0 bridgehead atoms. The smallest absolute Gasteiger partial charge is 0.337 e. The van der Waals surface area contributed by atoms with Crippen LogP contribution in [0.3, 0.4) is 0 Å². The lowest BCUT2D eigenvalue weighted by atomic mass is 9.91. The van der Waals surface area contributed by atoms with Crippen LogP contribution < -0.4 is 4.90 Å². The number of carboxylic acids is 1. The molecule has 0 radical (unpaired) electrons. The number of thiazole rings is 1. The lowest BCUT2D eigenvalue weighted by Gasteiger charge is -2.28. The second-order valence-corrected chi connectivity index (χ2v) is 14.1. The van der Waals surface area contributed by atoms with Crippen LogP contribution in [-0.4, -0.2) is 40.7 Å². The zero-order chi connectivity index (χ0) is 32.6. The van der Waals surface area contributed by atoms with E-state index < -0.39 is 17.7 Å². The maximum absolute atomic E-state index is 12.7. The number of hydrogen-bond acceptors (Lipinski definition) is 6. The highest BCUT2D eigenvalue weighted by Crippen LogP contribution is 2.45. The predicted molar refractivity (Wildman–Crippen MR) is 188 cm³/mol. The highest BCUT2D eigenvalue weighted by molar-refractivity contribution is 7.22. The van der Waals surface area contributed by atoms with Crippen molar-refractivity contribution in [3.05, 3.63) is 88.2 Å². The number of halogens is 1. The maximum Gasteiger partial charge on any atom is 0.337 e. The molecule has 8 heteroatoms. The van der Waals surface area contributed by atoms with E-state index >= 15 is 0 Å². The van der Waals surface area contributed by atoms with Crippen molar-refractivity contribution in [2.45, 2.75) is 66.1 Å². The first-order chi connectivity index (χ1) is 21.3. The van der Waals surface area contributed by atoms with Gasteiger partial charge in [0.25, 0.3) is 0 Å². The Hall–Kier alpha value is -3.78. The quantitative estimate of drug-likeness (QED) is 0.173. The number of pyridine rings is 1. The van der Waals surface area contributed by atoms with Gasteiger partial charge in [0.1, 0.15) is 5.01 Å². The molecule has 0 aliphatic heterocycles. The minimum absolute atomic E-state index is 0.606. The van der Waals surface area contributed by atoms with Gasteiger partial charge >= 0.3 is 5.97 Å². The van der Waals surface area contributed by atoms with Crippen molar-refractivity contribution in [2.24, 2.45) is 0 Å². The molecule has 234 valence electrons. The Morgan fingerprint density at radius 2 is 1.71 bits per heavy atom. The van der Waals surface area contributed by atoms with Gasteiger partial charge in [-0.3, -0.25) is 4.98 Å². The average molecular weight is 642 g/mol. The molecule has 0 fully saturated rings. The maximum atomic E-state index is 12.7. The van der Waals surface area contributed by atoms with Gasteiger partial charge in [0, 0.05) is 58.9 Å². The largest absolute Gasteiger partial charge is 0.479 e. The molecule has 2 heterocycles. The highest BCUT2D eigenvalue weighted by atomic mass is 35.5. The van der Waals surface area contributed by atoms with Gasteiger partial charge < -0.3 is 14.7 Å². The monoisotopic (exact) mass is 641 g/mol. The van der Waals surface area contributed by atoms with E-state index in [2.05, 4.69) is 50.2 Å². The minimum atomic E-state index is -1.17. The Morgan fingerprint density at radius 1 is 1.02 bits per heavy atom. The first-order valence-corrected chi connectivity index (χ1v) is 16.3. The molecule has 0 amide bonds. The fourth-order valence-electron chi connectivity index (χ4n) is 5.73. The summed E-state index contributed by atoms with van der Waals surface area (Å²) in [6.07, 6.45) is 2.82. The Bertz CT molecular complexity index is 1870. The van der Waals surface area contributed by atoms with Crippen LogP contribution in [0.25, 0.3) is 43.0 Å². The summed E-state index contributed by atoms with van der Waals surface area (Å²) in [6, 6.07) is 18.2. The van der Waals surface area contributed by atoms with E-state index in [1.54, 1.807) is 11.3 Å². The number of ether oxygens (including phenoxy) is 1. The fraction of sp³-hybridized carbons (Fsp3) is 0.324. The van der Waals surface area contributed by atoms with Gasteiger partial charge in [0.2, 0.25) is 0 Å². The van der Waals surface area contributed by atoms with E-state index in [1.807, 2.05) is 71.1 Å². The van der Waals surface area contributed by atoms with E-state index in [-0.39, 0.29) is 0 Å². The first kappa shape index (κ1) is 32.6. The van der Waals surface area contributed by atoms with Crippen molar-refractivity contribution in [3.63, 3.8) is 0 Å². The number of aryl methyl sites for hydroxylation is 3. The molecule has 0 saturated carbocycles. The predicted octanol–water partition coefficient (Wildman–Crippen LogP) is 9.92. The van der Waals surface area contributed by atoms with E-state index in [0.29, 0.717) is 10.6 Å². The standard InChI is InChI=1S/C37H40ClN3O3S/c1-9-10-25-18-24(13-16-30(25)41(7)8)26-19-28(22(3)39-20-26)35-40-29-17-21(2)31(33(36(42)43)44-37(4,5)6)32(34(29)45-35)23-11-14-27(38)15-12-23/h11-20,33H,9-10H2,1-8H3,(H,42,43). The average Bonchev–Trinajstić information content (AvgIpc) is 3.39. The molecule has 5 aromatic rings. The van der Waals surface area contributed by atoms with Crippen LogP contribution in [0, 0.1) is 13.8 Å². The minimum Gasteiger partial charge on any atom is -0.479 e. The van der Waals surface area contributed by atoms with Crippen molar-refractivity contribution in [1.82, 2.24) is 9.97 Å². The summed E-state index contributed by atoms with van der Waals surface area (Å²) in [6.45, 7) is 11.7. The Balaban J connectivity index is 1.72. The zero-order valence-corrected chi connectivity index (χ0v) is 28.7. The number of carboxylic acid groups (broad SMARTS) is 1. The van der Waals surface area contributed by atoms with Gasteiger partial charge in [-0.15, -0.1) is 11.3 Å². The number of hydrogen-bond donors (Lipinski definition) is 1. The lowest BCUT2D eigenvalue weighted by molar-refractivity contribution is -0.160.